The van der Waals surface area contributed by atoms with Gasteiger partial charge in [0.25, 0.3) is 0 Å². The lowest BCUT2D eigenvalue weighted by molar-refractivity contribution is 0.324. The predicted octanol–water partition coefficient (Wildman–Crippen LogP) is 4.43. The van der Waals surface area contributed by atoms with Crippen molar-refractivity contribution >= 4 is 21.8 Å². The average molecular weight is 378 g/mol. The van der Waals surface area contributed by atoms with Crippen LogP contribution in [0.5, 0.6) is 23.0 Å². The molecule has 4 aromatic rings. The quantitative estimate of drug-likeness (QED) is 0.514. The SMILES string of the molecule is COc1ccc2c(c1)c1cnc(-c3cc(OC)c(OC)c(OC)c3)cc1n2C. The normalized spacial score (nSPS) is 11.0. The van der Waals surface area contributed by atoms with Crippen molar-refractivity contribution in [2.75, 3.05) is 28.4 Å². The van der Waals surface area contributed by atoms with Gasteiger partial charge in [0.2, 0.25) is 5.75 Å². The summed E-state index contributed by atoms with van der Waals surface area (Å²) in [4.78, 5) is 4.70. The first-order valence-electron chi connectivity index (χ1n) is 8.83. The number of nitrogens with zero attached hydrogens (tertiary/aromatic N) is 2. The number of rotatable bonds is 5. The maximum atomic E-state index is 5.47. The van der Waals surface area contributed by atoms with Crippen LogP contribution in [0.25, 0.3) is 33.1 Å². The van der Waals surface area contributed by atoms with Crippen LogP contribution in [0, 0.1) is 0 Å². The second-order valence-electron chi connectivity index (χ2n) is 6.44. The maximum absolute atomic E-state index is 5.47. The molecule has 4 rings (SSSR count). The molecule has 0 bridgehead atoms. The van der Waals surface area contributed by atoms with E-state index in [0.717, 1.165) is 38.8 Å². The molecule has 0 N–H and O–H groups in total. The summed E-state index contributed by atoms with van der Waals surface area (Å²) < 4.78 is 23.9. The first-order valence-corrected chi connectivity index (χ1v) is 8.83. The van der Waals surface area contributed by atoms with E-state index in [4.69, 9.17) is 23.9 Å². The molecule has 0 radical (unpaired) electrons. The van der Waals surface area contributed by atoms with E-state index >= 15 is 0 Å². The highest BCUT2D eigenvalue weighted by Gasteiger charge is 2.16. The molecule has 28 heavy (non-hydrogen) atoms. The molecule has 6 nitrogen and oxygen atoms in total. The molecule has 0 aliphatic carbocycles. The lowest BCUT2D eigenvalue weighted by Gasteiger charge is -2.14. The molecule has 0 aliphatic heterocycles. The summed E-state index contributed by atoms with van der Waals surface area (Å²) in [6, 6.07) is 11.9. The molecule has 144 valence electrons. The van der Waals surface area contributed by atoms with Gasteiger partial charge in [0.15, 0.2) is 11.5 Å². The van der Waals surface area contributed by atoms with E-state index in [-0.39, 0.29) is 0 Å². The van der Waals surface area contributed by atoms with Crippen molar-refractivity contribution in [1.82, 2.24) is 9.55 Å². The molecular weight excluding hydrogens is 356 g/mol. The molecule has 0 amide bonds. The second kappa shape index (κ2) is 6.96. The second-order valence-corrected chi connectivity index (χ2v) is 6.44. The van der Waals surface area contributed by atoms with Crippen molar-refractivity contribution in [1.29, 1.82) is 0 Å². The van der Waals surface area contributed by atoms with Crippen LogP contribution in [0.2, 0.25) is 0 Å². The molecule has 0 unspecified atom stereocenters. The van der Waals surface area contributed by atoms with Gasteiger partial charge in [0.1, 0.15) is 5.75 Å². The van der Waals surface area contributed by atoms with Crippen molar-refractivity contribution in [3.05, 3.63) is 42.6 Å². The summed E-state index contributed by atoms with van der Waals surface area (Å²) in [6.07, 6.45) is 1.90. The van der Waals surface area contributed by atoms with Crippen molar-refractivity contribution in [2.45, 2.75) is 0 Å². The molecule has 0 spiro atoms. The van der Waals surface area contributed by atoms with Crippen LogP contribution >= 0.6 is 0 Å². The summed E-state index contributed by atoms with van der Waals surface area (Å²) in [5.41, 5.74) is 3.92. The number of aryl methyl sites for hydroxylation is 1. The smallest absolute Gasteiger partial charge is 0.203 e. The Balaban J connectivity index is 1.93. The van der Waals surface area contributed by atoms with E-state index in [9.17, 15) is 0 Å². The van der Waals surface area contributed by atoms with Gasteiger partial charge in [0.05, 0.1) is 39.6 Å². The highest BCUT2D eigenvalue weighted by atomic mass is 16.5. The molecule has 0 fully saturated rings. The fourth-order valence-corrected chi connectivity index (χ4v) is 3.60. The van der Waals surface area contributed by atoms with Crippen LogP contribution in [0.15, 0.2) is 42.6 Å². The van der Waals surface area contributed by atoms with Crippen LogP contribution < -0.4 is 18.9 Å². The Labute approximate surface area is 163 Å². The van der Waals surface area contributed by atoms with Crippen LogP contribution in [0.4, 0.5) is 0 Å². The summed E-state index contributed by atoms with van der Waals surface area (Å²) in [5.74, 6) is 2.58. The molecular formula is C22H22N2O4. The van der Waals surface area contributed by atoms with E-state index < -0.39 is 0 Å². The van der Waals surface area contributed by atoms with Gasteiger partial charge in [-0.05, 0) is 36.4 Å². The number of fused-ring (bicyclic) bond motifs is 3. The van der Waals surface area contributed by atoms with Crippen molar-refractivity contribution in [3.63, 3.8) is 0 Å². The number of pyridine rings is 1. The third-order valence-corrected chi connectivity index (χ3v) is 5.06. The first kappa shape index (κ1) is 18.0. The topological polar surface area (TPSA) is 54.7 Å². The minimum absolute atomic E-state index is 0.562. The van der Waals surface area contributed by atoms with E-state index in [1.165, 1.54) is 0 Å². The van der Waals surface area contributed by atoms with Gasteiger partial charge in [-0.25, -0.2) is 0 Å². The molecule has 0 saturated carbocycles. The van der Waals surface area contributed by atoms with Gasteiger partial charge in [-0.2, -0.15) is 0 Å². The minimum Gasteiger partial charge on any atom is -0.497 e. The first-order chi connectivity index (χ1) is 13.6. The zero-order chi connectivity index (χ0) is 19.8. The maximum Gasteiger partial charge on any atom is 0.203 e. The van der Waals surface area contributed by atoms with Gasteiger partial charge in [-0.1, -0.05) is 0 Å². The third kappa shape index (κ3) is 2.69. The summed E-state index contributed by atoms with van der Waals surface area (Å²) >= 11 is 0. The van der Waals surface area contributed by atoms with E-state index in [1.807, 2.05) is 30.5 Å². The minimum atomic E-state index is 0.562. The lowest BCUT2D eigenvalue weighted by Crippen LogP contribution is -1.96. The Bertz CT molecular complexity index is 1160. The molecule has 0 saturated heterocycles. The highest BCUT2D eigenvalue weighted by Crippen LogP contribution is 2.41. The van der Waals surface area contributed by atoms with Gasteiger partial charge < -0.3 is 23.5 Å². The molecule has 2 heterocycles. The zero-order valence-corrected chi connectivity index (χ0v) is 16.6. The Morgan fingerprint density at radius 3 is 2.07 bits per heavy atom. The number of aromatic nitrogens is 2. The molecule has 6 heteroatoms. The van der Waals surface area contributed by atoms with Crippen molar-refractivity contribution < 1.29 is 18.9 Å². The Morgan fingerprint density at radius 1 is 0.750 bits per heavy atom. The lowest BCUT2D eigenvalue weighted by atomic mass is 10.1. The van der Waals surface area contributed by atoms with E-state index in [0.29, 0.717) is 17.2 Å². The molecule has 0 aliphatic rings. The third-order valence-electron chi connectivity index (χ3n) is 5.06. The van der Waals surface area contributed by atoms with Gasteiger partial charge in [-0.15, -0.1) is 0 Å². The van der Waals surface area contributed by atoms with E-state index in [2.05, 4.69) is 23.7 Å². The van der Waals surface area contributed by atoms with Crippen LogP contribution in [-0.2, 0) is 7.05 Å². The molecule has 0 atom stereocenters. The Kier molecular flexibility index (Phi) is 4.47. The largest absolute Gasteiger partial charge is 0.497 e. The summed E-state index contributed by atoms with van der Waals surface area (Å²) in [6.45, 7) is 0. The van der Waals surface area contributed by atoms with Crippen LogP contribution in [0.1, 0.15) is 0 Å². The predicted molar refractivity (Wildman–Crippen MR) is 110 cm³/mol. The van der Waals surface area contributed by atoms with Gasteiger partial charge >= 0.3 is 0 Å². The Hall–Kier alpha value is -3.41. The van der Waals surface area contributed by atoms with Gasteiger partial charge in [-0.3, -0.25) is 4.98 Å². The highest BCUT2D eigenvalue weighted by molar-refractivity contribution is 6.08. The van der Waals surface area contributed by atoms with Crippen molar-refractivity contribution in [2.24, 2.45) is 7.05 Å². The van der Waals surface area contributed by atoms with Crippen molar-refractivity contribution in [3.8, 4) is 34.3 Å². The number of hydrogen-bond acceptors (Lipinski definition) is 5. The van der Waals surface area contributed by atoms with Crippen LogP contribution in [-0.4, -0.2) is 38.0 Å². The standard InChI is InChI=1S/C22H22N2O4/c1-24-18-7-6-14(25-2)10-15(18)16-12-23-17(11-19(16)24)13-8-20(26-3)22(28-5)21(9-13)27-4/h6-12H,1-5H3. The summed E-state index contributed by atoms with van der Waals surface area (Å²) in [7, 11) is 8.53. The fourth-order valence-electron chi connectivity index (χ4n) is 3.60. The monoisotopic (exact) mass is 378 g/mol. The Morgan fingerprint density at radius 2 is 1.46 bits per heavy atom. The zero-order valence-electron chi connectivity index (χ0n) is 16.6. The number of hydrogen-bond donors (Lipinski definition) is 0. The summed E-state index contributed by atoms with van der Waals surface area (Å²) in [5, 5.41) is 2.19. The van der Waals surface area contributed by atoms with Gasteiger partial charge in [0, 0.05) is 35.1 Å². The van der Waals surface area contributed by atoms with E-state index in [1.54, 1.807) is 28.4 Å². The average Bonchev–Trinajstić information content (AvgIpc) is 3.03. The number of ether oxygens (including phenoxy) is 4. The molecule has 2 aromatic carbocycles. The number of benzene rings is 2. The molecule has 2 aromatic heterocycles. The number of methoxy groups -OCH3 is 4. The fraction of sp³-hybridized carbons (Fsp3) is 0.227. The van der Waals surface area contributed by atoms with Crippen LogP contribution in [0.3, 0.4) is 0 Å².